The van der Waals surface area contributed by atoms with Crippen LogP contribution in [0.5, 0.6) is 0 Å². The van der Waals surface area contributed by atoms with Crippen molar-refractivity contribution in [1.82, 2.24) is 64.7 Å². The van der Waals surface area contributed by atoms with Crippen molar-refractivity contribution in [3.05, 3.63) is 84.8 Å². The van der Waals surface area contributed by atoms with E-state index >= 15 is 4.39 Å². The first-order valence-electron chi connectivity index (χ1n) is 22.4. The van der Waals surface area contributed by atoms with Crippen LogP contribution in [0.2, 0.25) is 0 Å². The van der Waals surface area contributed by atoms with E-state index in [1.807, 2.05) is 35.4 Å². The van der Waals surface area contributed by atoms with Gasteiger partial charge in [-0.05, 0) is 35.7 Å². The molecule has 21 heteroatoms. The van der Waals surface area contributed by atoms with Crippen LogP contribution in [0.4, 0.5) is 21.7 Å². The molecule has 3 amide bonds. The maximum Gasteiger partial charge on any atom is 0.249 e. The number of carbonyl (C=O) groups excluding carboxylic acids is 3. The molecule has 342 valence electrons. The summed E-state index contributed by atoms with van der Waals surface area (Å²) in [6.45, 7) is 8.91. The van der Waals surface area contributed by atoms with Crippen LogP contribution in [0.15, 0.2) is 73.4 Å². The minimum atomic E-state index is -0.582. The third-order valence-electron chi connectivity index (χ3n) is 12.7. The molecule has 66 heavy (non-hydrogen) atoms. The van der Waals surface area contributed by atoms with Crippen LogP contribution in [0.25, 0.3) is 33.7 Å². The van der Waals surface area contributed by atoms with Crippen molar-refractivity contribution in [3.8, 4) is 22.4 Å². The predicted molar refractivity (Wildman–Crippen MR) is 241 cm³/mol. The number of piperidine rings is 1. The molecule has 0 radical (unpaired) electrons. The van der Waals surface area contributed by atoms with Crippen LogP contribution in [0.3, 0.4) is 0 Å². The number of ether oxygens (including phenoxy) is 1. The maximum absolute atomic E-state index is 15.2. The van der Waals surface area contributed by atoms with Crippen molar-refractivity contribution >= 4 is 46.3 Å². The molecule has 4 aromatic heterocycles. The molecular formula is C45H51FN16O4. The minimum absolute atomic E-state index is 0.0958. The molecule has 4 aliphatic rings. The molecule has 4 saturated heterocycles. The van der Waals surface area contributed by atoms with Crippen molar-refractivity contribution < 1.29 is 23.5 Å². The lowest BCUT2D eigenvalue weighted by Crippen LogP contribution is -2.53. The summed E-state index contributed by atoms with van der Waals surface area (Å²) in [4.78, 5) is 66.2. The molecule has 0 saturated carbocycles. The van der Waals surface area contributed by atoms with Gasteiger partial charge in [0.15, 0.2) is 5.65 Å². The van der Waals surface area contributed by atoms with Crippen molar-refractivity contribution in [2.24, 2.45) is 7.05 Å². The number of aromatic nitrogens is 9. The first-order valence-corrected chi connectivity index (χ1v) is 22.4. The summed E-state index contributed by atoms with van der Waals surface area (Å²) < 4.78 is 24.7. The Bertz CT molecular complexity index is 2700. The van der Waals surface area contributed by atoms with Crippen molar-refractivity contribution in [3.63, 3.8) is 0 Å². The molecule has 2 N–H and O–H groups in total. The average molecular weight is 899 g/mol. The van der Waals surface area contributed by atoms with Gasteiger partial charge in [-0.25, -0.2) is 29.0 Å². The predicted octanol–water partition coefficient (Wildman–Crippen LogP) is 1.81. The molecule has 0 spiro atoms. The Kier molecular flexibility index (Phi) is 12.3. The van der Waals surface area contributed by atoms with Crippen LogP contribution in [0, 0.1) is 5.82 Å². The fraction of sp³-hybridized carbons (Fsp3) is 0.422. The number of anilines is 3. The second-order valence-corrected chi connectivity index (χ2v) is 17.2. The van der Waals surface area contributed by atoms with Gasteiger partial charge in [-0.1, -0.05) is 29.5 Å². The zero-order chi connectivity index (χ0) is 45.1. The average Bonchev–Trinajstić information content (AvgIpc) is 3.96. The van der Waals surface area contributed by atoms with Gasteiger partial charge in [-0.2, -0.15) is 5.10 Å². The molecule has 1 unspecified atom stereocenters. The van der Waals surface area contributed by atoms with Gasteiger partial charge in [0, 0.05) is 121 Å². The number of rotatable bonds is 12. The van der Waals surface area contributed by atoms with Gasteiger partial charge >= 0.3 is 0 Å². The number of nitrogens with zero attached hydrogens (tertiary/aromatic N) is 14. The number of hydrogen-bond acceptors (Lipinski definition) is 16. The second kappa shape index (κ2) is 18.9. The van der Waals surface area contributed by atoms with Gasteiger partial charge in [-0.3, -0.25) is 34.2 Å². The molecule has 8 heterocycles. The molecule has 2 aromatic carbocycles. The molecule has 2 atom stereocenters. The van der Waals surface area contributed by atoms with E-state index in [0.717, 1.165) is 49.4 Å². The van der Waals surface area contributed by atoms with Crippen LogP contribution < -0.4 is 20.4 Å². The number of morpholine rings is 1. The fourth-order valence-corrected chi connectivity index (χ4v) is 8.95. The molecule has 0 bridgehead atoms. The lowest BCUT2D eigenvalue weighted by molar-refractivity contribution is -0.134. The monoisotopic (exact) mass is 898 g/mol. The van der Waals surface area contributed by atoms with Gasteiger partial charge in [0.1, 0.15) is 11.9 Å². The highest BCUT2D eigenvalue weighted by molar-refractivity contribution is 6.01. The highest BCUT2D eigenvalue weighted by atomic mass is 19.1. The van der Waals surface area contributed by atoms with E-state index in [2.05, 4.69) is 75.0 Å². The SMILES string of the molecule is Cn1cc(-c2cnc3c(nnn3C[C@@H]3CN(c4ncc(-c5ccc(CN6CCN(CC(=O)N7CCN(c8ccc(NC9CCC(=O)NC9=O)cc8F)CC7)CC6)cc5)cn4)CCO3)n2)cn1. The quantitative estimate of drug-likeness (QED) is 0.168. The van der Waals surface area contributed by atoms with Crippen LogP contribution in [-0.2, 0) is 39.3 Å². The number of amides is 3. The largest absolute Gasteiger partial charge is 0.374 e. The number of hydrogen-bond donors (Lipinski definition) is 2. The summed E-state index contributed by atoms with van der Waals surface area (Å²) in [6, 6.07) is 12.8. The van der Waals surface area contributed by atoms with Crippen molar-refractivity contribution in [2.45, 2.75) is 38.1 Å². The first kappa shape index (κ1) is 43.0. The Hall–Kier alpha value is -6.97. The number of piperazine rings is 2. The van der Waals surface area contributed by atoms with Crippen molar-refractivity contribution in [2.75, 3.05) is 93.7 Å². The van der Waals surface area contributed by atoms with Gasteiger partial charge in [0.05, 0.1) is 49.6 Å². The molecule has 10 rings (SSSR count). The number of fused-ring (bicyclic) bond motifs is 1. The van der Waals surface area contributed by atoms with E-state index in [-0.39, 0.29) is 24.3 Å². The van der Waals surface area contributed by atoms with E-state index in [1.165, 1.54) is 11.6 Å². The number of halogens is 1. The summed E-state index contributed by atoms with van der Waals surface area (Å²) in [7, 11) is 1.86. The van der Waals surface area contributed by atoms with E-state index in [0.29, 0.717) is 99.7 Å². The summed E-state index contributed by atoms with van der Waals surface area (Å²) in [6.07, 6.45) is 9.51. The fourth-order valence-electron chi connectivity index (χ4n) is 8.95. The van der Waals surface area contributed by atoms with E-state index < -0.39 is 17.8 Å². The summed E-state index contributed by atoms with van der Waals surface area (Å²) >= 11 is 0. The maximum atomic E-state index is 15.2. The number of carbonyl (C=O) groups is 3. The second-order valence-electron chi connectivity index (χ2n) is 17.2. The number of aryl methyl sites for hydroxylation is 1. The van der Waals surface area contributed by atoms with Gasteiger partial charge < -0.3 is 24.8 Å². The molecule has 20 nitrogen and oxygen atoms in total. The molecule has 0 aliphatic carbocycles. The Morgan fingerprint density at radius 1 is 0.864 bits per heavy atom. The summed E-state index contributed by atoms with van der Waals surface area (Å²) in [5.41, 5.74) is 6.76. The molecular weight excluding hydrogens is 848 g/mol. The Labute approximate surface area is 379 Å². The molecule has 4 aliphatic heterocycles. The highest BCUT2D eigenvalue weighted by Crippen LogP contribution is 2.27. The van der Waals surface area contributed by atoms with Crippen LogP contribution in [0.1, 0.15) is 18.4 Å². The number of nitrogens with one attached hydrogen (secondary N) is 2. The van der Waals surface area contributed by atoms with Gasteiger partial charge in [-0.15, -0.1) is 5.10 Å². The highest BCUT2D eigenvalue weighted by Gasteiger charge is 2.29. The standard InChI is InChI=1S/C45H51FN16O4/c1-56-26-33(23-50-56)38-24-47-43-42(52-38)54-55-62(43)28-35-27-61(18-19-66-35)45-48-21-32(22-49-45)31-4-2-30(3-5-31)25-57-10-12-58(13-11-57)29-41(64)60-16-14-59(15-17-60)39-8-6-34(20-36(39)46)51-37-7-9-40(63)53-44(37)65/h2-6,8,20-24,26,35,37,51H,7,9-19,25,27-29H2,1H3,(H,53,63,65)/t35-,37?/m0/s1. The lowest BCUT2D eigenvalue weighted by atomic mass is 10.1. The molecule has 6 aromatic rings. The topological polar surface area (TPSA) is 201 Å². The Balaban J connectivity index is 0.649. The normalized spacial score (nSPS) is 19.9. The van der Waals surface area contributed by atoms with Crippen LogP contribution in [-0.4, -0.2) is 168 Å². The number of imide groups is 1. The Morgan fingerprint density at radius 3 is 2.39 bits per heavy atom. The van der Waals surface area contributed by atoms with E-state index in [9.17, 15) is 14.4 Å². The third kappa shape index (κ3) is 9.68. The smallest absolute Gasteiger partial charge is 0.249 e. The Morgan fingerprint density at radius 2 is 1.65 bits per heavy atom. The van der Waals surface area contributed by atoms with E-state index in [1.54, 1.807) is 33.9 Å². The van der Waals surface area contributed by atoms with Gasteiger partial charge in [0.25, 0.3) is 0 Å². The third-order valence-corrected chi connectivity index (χ3v) is 12.7. The number of benzene rings is 2. The van der Waals surface area contributed by atoms with Crippen molar-refractivity contribution in [1.29, 1.82) is 0 Å². The summed E-state index contributed by atoms with van der Waals surface area (Å²) in [5.74, 6) is -0.352. The first-order chi connectivity index (χ1) is 32.2. The molecule has 4 fully saturated rings. The minimum Gasteiger partial charge on any atom is -0.374 e. The zero-order valence-corrected chi connectivity index (χ0v) is 36.7. The van der Waals surface area contributed by atoms with Gasteiger partial charge in [0.2, 0.25) is 29.3 Å². The zero-order valence-electron chi connectivity index (χ0n) is 36.7. The summed E-state index contributed by atoms with van der Waals surface area (Å²) in [5, 5.41) is 18.1. The van der Waals surface area contributed by atoms with E-state index in [4.69, 9.17) is 14.7 Å². The lowest BCUT2D eigenvalue weighted by Gasteiger charge is -2.38. The van der Waals surface area contributed by atoms with Crippen LogP contribution >= 0.6 is 0 Å².